The molecule has 4 heterocycles. The highest BCUT2D eigenvalue weighted by molar-refractivity contribution is 5.93. The second-order valence-corrected chi connectivity index (χ2v) is 16.3. The molecule has 2 aromatic heterocycles. The van der Waals surface area contributed by atoms with Gasteiger partial charge in [0.25, 0.3) is 5.56 Å². The molecule has 2 aromatic carbocycles. The first-order valence-corrected chi connectivity index (χ1v) is 20.9. The first-order valence-electron chi connectivity index (χ1n) is 20.9. The van der Waals surface area contributed by atoms with Crippen molar-refractivity contribution in [1.29, 1.82) is 0 Å². The normalized spacial score (nSPS) is 15.5. The highest BCUT2D eigenvalue weighted by atomic mass is 16.6. The van der Waals surface area contributed by atoms with Gasteiger partial charge in [0.15, 0.2) is 5.60 Å². The lowest BCUT2D eigenvalue weighted by Gasteiger charge is -2.31. The predicted octanol–water partition coefficient (Wildman–Crippen LogP) is 2.01. The Balaban J connectivity index is 0.989. The van der Waals surface area contributed by atoms with Crippen molar-refractivity contribution in [3.8, 4) is 17.1 Å². The van der Waals surface area contributed by atoms with Gasteiger partial charge < -0.3 is 50.5 Å². The molecule has 0 spiro atoms. The predicted molar refractivity (Wildman–Crippen MR) is 229 cm³/mol. The molecule has 334 valence electrons. The minimum atomic E-state index is -1.91. The number of hydrogen-bond donors (Lipinski definition) is 6. The van der Waals surface area contributed by atoms with Gasteiger partial charge in [0.1, 0.15) is 30.5 Å². The van der Waals surface area contributed by atoms with Crippen LogP contribution in [0.25, 0.3) is 22.3 Å². The topological polar surface area (TPSA) is 245 Å². The summed E-state index contributed by atoms with van der Waals surface area (Å²) >= 11 is 0. The van der Waals surface area contributed by atoms with E-state index in [2.05, 4.69) is 26.6 Å². The number of cyclic esters (lactones) is 1. The maximum atomic E-state index is 13.7. The van der Waals surface area contributed by atoms with Crippen LogP contribution in [0.2, 0.25) is 0 Å². The number of carbonyl (C=O) groups is 6. The Morgan fingerprint density at radius 2 is 1.62 bits per heavy atom. The summed E-state index contributed by atoms with van der Waals surface area (Å²) in [5.74, 6) is -2.52. The fraction of sp³-hybridized carbons (Fsp3) is 0.422. The largest absolute Gasteiger partial charge is 0.494 e. The van der Waals surface area contributed by atoms with E-state index in [4.69, 9.17) is 19.2 Å². The molecule has 0 radical (unpaired) electrons. The Morgan fingerprint density at radius 1 is 0.905 bits per heavy atom. The van der Waals surface area contributed by atoms with Crippen molar-refractivity contribution in [3.63, 3.8) is 0 Å². The summed E-state index contributed by atoms with van der Waals surface area (Å²) in [7, 11) is 0. The van der Waals surface area contributed by atoms with E-state index in [0.717, 1.165) is 22.1 Å². The van der Waals surface area contributed by atoms with Crippen LogP contribution >= 0.6 is 0 Å². The first-order chi connectivity index (χ1) is 30.0. The summed E-state index contributed by atoms with van der Waals surface area (Å²) in [6.07, 6.45) is 0.485. The van der Waals surface area contributed by atoms with Crippen molar-refractivity contribution in [2.24, 2.45) is 0 Å². The van der Waals surface area contributed by atoms with Gasteiger partial charge in [0, 0.05) is 29.5 Å². The van der Waals surface area contributed by atoms with Gasteiger partial charge in [-0.2, -0.15) is 0 Å². The third kappa shape index (κ3) is 10.8. The second-order valence-electron chi connectivity index (χ2n) is 16.3. The number of aliphatic hydroxyl groups is 1. The van der Waals surface area contributed by atoms with E-state index in [9.17, 15) is 38.7 Å². The van der Waals surface area contributed by atoms with Crippen LogP contribution in [0.5, 0.6) is 5.75 Å². The summed E-state index contributed by atoms with van der Waals surface area (Å²) < 4.78 is 17.9. The Morgan fingerprint density at radius 3 is 2.33 bits per heavy atom. The Labute approximate surface area is 363 Å². The van der Waals surface area contributed by atoms with Crippen molar-refractivity contribution in [2.45, 2.75) is 90.7 Å². The number of benzene rings is 2. The number of fused-ring (bicyclic) bond motifs is 5. The third-order valence-electron chi connectivity index (χ3n) is 10.6. The average molecular weight is 868 g/mol. The molecular formula is C45H53N7O11. The monoisotopic (exact) mass is 867 g/mol. The van der Waals surface area contributed by atoms with E-state index >= 15 is 0 Å². The zero-order valence-corrected chi connectivity index (χ0v) is 36.0. The van der Waals surface area contributed by atoms with E-state index < -0.39 is 66.0 Å². The van der Waals surface area contributed by atoms with Crippen LogP contribution in [0.15, 0.2) is 59.4 Å². The number of nitrogens with zero attached hydrogens (tertiary/aromatic N) is 2. The molecule has 4 aromatic rings. The van der Waals surface area contributed by atoms with E-state index in [1.54, 1.807) is 68.7 Å². The minimum absolute atomic E-state index is 0.0542. The molecule has 63 heavy (non-hydrogen) atoms. The van der Waals surface area contributed by atoms with E-state index in [0.29, 0.717) is 35.5 Å². The van der Waals surface area contributed by atoms with Crippen LogP contribution in [-0.4, -0.2) is 94.8 Å². The number of pyridine rings is 2. The number of aromatic nitrogens is 2. The van der Waals surface area contributed by atoms with Crippen molar-refractivity contribution >= 4 is 46.6 Å². The lowest BCUT2D eigenvalue weighted by molar-refractivity contribution is -0.172. The number of esters is 1. The van der Waals surface area contributed by atoms with Crippen molar-refractivity contribution in [3.05, 3.63) is 92.8 Å². The molecule has 0 fully saturated rings. The van der Waals surface area contributed by atoms with Crippen molar-refractivity contribution < 1.29 is 48.1 Å². The second kappa shape index (κ2) is 19.5. The number of hydrogen-bond acceptors (Lipinski definition) is 12. The summed E-state index contributed by atoms with van der Waals surface area (Å²) in [5.41, 5.74) is 2.04. The molecule has 0 saturated carbocycles. The van der Waals surface area contributed by atoms with Crippen molar-refractivity contribution in [2.75, 3.05) is 32.8 Å². The minimum Gasteiger partial charge on any atom is -0.494 e. The molecule has 2 aliphatic rings. The molecule has 0 saturated heterocycles. The van der Waals surface area contributed by atoms with Crippen LogP contribution in [0.3, 0.4) is 0 Å². The van der Waals surface area contributed by atoms with Gasteiger partial charge >= 0.3 is 12.1 Å². The number of aryl methyl sites for hydroxylation is 1. The van der Waals surface area contributed by atoms with E-state index in [1.807, 2.05) is 25.1 Å². The SMILES string of the molecule is CCc1c2c(nc3ccc(OCCCNC(=O)CNC(=O)[C@H](Cc4ccccc4)NC(=O)CNC(=O)CNC(=O)OC(C)(C)C)cc13)-c1cc3c(c(=O)n1C2)COC(=O)[C@]3(O)CC. The molecule has 2 atom stereocenters. The van der Waals surface area contributed by atoms with Crippen LogP contribution in [0, 0.1) is 0 Å². The Bertz CT molecular complexity index is 2480. The first kappa shape index (κ1) is 45.7. The Kier molecular flexibility index (Phi) is 14.1. The van der Waals surface area contributed by atoms with Gasteiger partial charge in [-0.05, 0) is 75.4 Å². The average Bonchev–Trinajstić information content (AvgIpc) is 3.62. The molecule has 5 amide bonds. The number of ether oxygens (including phenoxy) is 3. The summed E-state index contributed by atoms with van der Waals surface area (Å²) in [6, 6.07) is 15.1. The molecule has 6 rings (SSSR count). The molecule has 18 nitrogen and oxygen atoms in total. The van der Waals surface area contributed by atoms with E-state index in [-0.39, 0.29) is 62.4 Å². The van der Waals surface area contributed by atoms with Gasteiger partial charge in [-0.15, -0.1) is 0 Å². The third-order valence-corrected chi connectivity index (χ3v) is 10.6. The molecule has 0 aliphatic carbocycles. The Hall–Kier alpha value is -6.82. The summed E-state index contributed by atoms with van der Waals surface area (Å²) in [6.45, 7) is 8.11. The van der Waals surface area contributed by atoms with Crippen LogP contribution in [-0.2, 0) is 65.0 Å². The lowest BCUT2D eigenvalue weighted by Crippen LogP contribution is -2.52. The van der Waals surface area contributed by atoms with Gasteiger partial charge in [-0.1, -0.05) is 44.2 Å². The highest BCUT2D eigenvalue weighted by Gasteiger charge is 2.45. The maximum absolute atomic E-state index is 13.7. The number of amides is 5. The van der Waals surface area contributed by atoms with Gasteiger partial charge in [-0.25, -0.2) is 14.6 Å². The summed E-state index contributed by atoms with van der Waals surface area (Å²) in [4.78, 5) is 93.8. The number of alkyl carbamates (subject to hydrolysis) is 1. The molecule has 2 aliphatic heterocycles. The molecule has 0 unspecified atom stereocenters. The fourth-order valence-corrected chi connectivity index (χ4v) is 7.49. The smallest absolute Gasteiger partial charge is 0.408 e. The number of rotatable bonds is 17. The van der Waals surface area contributed by atoms with Crippen LogP contribution in [0.1, 0.15) is 75.3 Å². The van der Waals surface area contributed by atoms with Gasteiger partial charge in [0.2, 0.25) is 23.6 Å². The molecule has 18 heteroatoms. The zero-order valence-electron chi connectivity index (χ0n) is 36.0. The molecule has 0 bridgehead atoms. The van der Waals surface area contributed by atoms with Crippen molar-refractivity contribution in [1.82, 2.24) is 36.1 Å². The fourth-order valence-electron chi connectivity index (χ4n) is 7.49. The standard InChI is InChI=1S/C45H53N7O11/c1-6-28-29-19-27(14-15-33(29)51-39-30(28)24-52-35(39)20-32-31(41(52)57)25-62-42(58)45(32,60)7-2)61-17-11-16-46-36(53)21-48-40(56)34(18-26-12-9-8-10-13-26)50-38(55)23-47-37(54)22-49-43(59)63-44(3,4)5/h8-10,12-15,19-20,34,60H,6-7,11,16-18,21-25H2,1-5H3,(H,46,53)(H,47,54)(H,48,56)(H,49,59)(H,50,55)/t34-,45-/m0/s1. The molecule has 6 N–H and O–H groups in total. The summed E-state index contributed by atoms with van der Waals surface area (Å²) in [5, 5.41) is 24.7. The van der Waals surface area contributed by atoms with Gasteiger partial charge in [0.05, 0.1) is 48.7 Å². The number of nitrogens with one attached hydrogen (secondary N) is 5. The van der Waals surface area contributed by atoms with E-state index in [1.165, 1.54) is 0 Å². The zero-order chi connectivity index (χ0) is 45.5. The number of carbonyl (C=O) groups excluding carboxylic acids is 6. The highest BCUT2D eigenvalue weighted by Crippen LogP contribution is 2.40. The molecular weight excluding hydrogens is 815 g/mol. The van der Waals surface area contributed by atoms with Crippen LogP contribution < -0.4 is 36.9 Å². The quantitative estimate of drug-likeness (QED) is 0.0581. The van der Waals surface area contributed by atoms with Gasteiger partial charge in [-0.3, -0.25) is 24.0 Å². The van der Waals surface area contributed by atoms with Crippen LogP contribution in [0.4, 0.5) is 4.79 Å². The maximum Gasteiger partial charge on any atom is 0.408 e. The lowest BCUT2D eigenvalue weighted by atomic mass is 9.86.